The molecule has 3 rings (SSSR count). The molecule has 0 atom stereocenters. The highest BCUT2D eigenvalue weighted by molar-refractivity contribution is 5.55. The maximum absolute atomic E-state index is 8.88. The second-order valence-electron chi connectivity index (χ2n) is 3.93. The van der Waals surface area contributed by atoms with E-state index < -0.39 is 0 Å². The van der Waals surface area contributed by atoms with Crippen LogP contribution in [-0.2, 0) is 6.42 Å². The average molecular weight is 194 g/mol. The summed E-state index contributed by atoms with van der Waals surface area (Å²) in [7, 11) is 0. The molecule has 0 saturated heterocycles. The molecular formula is C13H10N2. The summed E-state index contributed by atoms with van der Waals surface area (Å²) in [6.45, 7) is 2.09. The zero-order chi connectivity index (χ0) is 10.4. The Morgan fingerprint density at radius 3 is 2.93 bits per heavy atom. The van der Waals surface area contributed by atoms with Crippen molar-refractivity contribution in [1.82, 2.24) is 4.57 Å². The van der Waals surface area contributed by atoms with E-state index in [0.29, 0.717) is 0 Å². The van der Waals surface area contributed by atoms with Gasteiger partial charge < -0.3 is 4.57 Å². The lowest BCUT2D eigenvalue weighted by Crippen LogP contribution is -1.94. The molecule has 0 fully saturated rings. The predicted molar refractivity (Wildman–Crippen MR) is 58.0 cm³/mol. The van der Waals surface area contributed by atoms with Crippen LogP contribution in [0.15, 0.2) is 30.3 Å². The summed E-state index contributed by atoms with van der Waals surface area (Å²) in [6.07, 6.45) is 0.981. The van der Waals surface area contributed by atoms with Gasteiger partial charge in [-0.3, -0.25) is 0 Å². The zero-order valence-corrected chi connectivity index (χ0v) is 8.49. The molecule has 2 aromatic rings. The molecule has 0 aliphatic carbocycles. The summed E-state index contributed by atoms with van der Waals surface area (Å²) < 4.78 is 2.23. The third-order valence-electron chi connectivity index (χ3n) is 2.98. The lowest BCUT2D eigenvalue weighted by Gasteiger charge is -2.05. The Bertz CT molecular complexity index is 585. The minimum absolute atomic E-state index is 0.731. The van der Waals surface area contributed by atoms with Crippen molar-refractivity contribution in [3.63, 3.8) is 0 Å². The van der Waals surface area contributed by atoms with Crippen LogP contribution in [0.2, 0.25) is 0 Å². The van der Waals surface area contributed by atoms with Gasteiger partial charge in [0.15, 0.2) is 0 Å². The fraction of sp³-hybridized carbons (Fsp3) is 0.154. The average Bonchev–Trinajstić information content (AvgIpc) is 2.78. The van der Waals surface area contributed by atoms with Crippen molar-refractivity contribution in [2.24, 2.45) is 0 Å². The number of hydrogen-bond donors (Lipinski definition) is 0. The number of nitrogens with zero attached hydrogens (tertiary/aromatic N) is 2. The second-order valence-corrected chi connectivity index (χ2v) is 3.93. The fourth-order valence-electron chi connectivity index (χ4n) is 2.26. The first-order chi connectivity index (χ1) is 7.29. The number of benzene rings is 1. The van der Waals surface area contributed by atoms with Gasteiger partial charge in [0.1, 0.15) is 0 Å². The molecule has 1 aliphatic rings. The van der Waals surface area contributed by atoms with E-state index in [2.05, 4.69) is 35.8 Å². The van der Waals surface area contributed by atoms with Gasteiger partial charge in [0.05, 0.1) is 17.3 Å². The fourth-order valence-corrected chi connectivity index (χ4v) is 2.26. The van der Waals surface area contributed by atoms with Gasteiger partial charge in [0.2, 0.25) is 0 Å². The van der Waals surface area contributed by atoms with Crippen LogP contribution in [0.4, 0.5) is 0 Å². The third-order valence-corrected chi connectivity index (χ3v) is 2.98. The Labute approximate surface area is 88.4 Å². The summed E-state index contributed by atoms with van der Waals surface area (Å²) in [6, 6.07) is 12.4. The van der Waals surface area contributed by atoms with E-state index in [1.807, 2.05) is 12.1 Å². The number of hydrogen-bond acceptors (Lipinski definition) is 1. The van der Waals surface area contributed by atoms with E-state index in [9.17, 15) is 0 Å². The minimum atomic E-state index is 0.731. The minimum Gasteiger partial charge on any atom is -0.318 e. The Balaban J connectivity index is 2.30. The summed E-state index contributed by atoms with van der Waals surface area (Å²) in [5, 5.41) is 8.88. The molecular weight excluding hydrogens is 184 g/mol. The van der Waals surface area contributed by atoms with Crippen molar-refractivity contribution in [1.29, 1.82) is 5.26 Å². The van der Waals surface area contributed by atoms with Crippen LogP contribution in [0.3, 0.4) is 0 Å². The monoisotopic (exact) mass is 194 g/mol. The second kappa shape index (κ2) is 2.74. The first kappa shape index (κ1) is 8.31. The Morgan fingerprint density at radius 1 is 1.27 bits per heavy atom. The van der Waals surface area contributed by atoms with Crippen molar-refractivity contribution < 1.29 is 0 Å². The quantitative estimate of drug-likeness (QED) is 0.540. The highest BCUT2D eigenvalue weighted by Crippen LogP contribution is 2.30. The molecule has 72 valence electrons. The van der Waals surface area contributed by atoms with Crippen LogP contribution in [0.25, 0.3) is 5.69 Å². The van der Waals surface area contributed by atoms with E-state index in [1.165, 1.54) is 22.6 Å². The van der Waals surface area contributed by atoms with Gasteiger partial charge >= 0.3 is 0 Å². The van der Waals surface area contributed by atoms with Crippen molar-refractivity contribution in [3.8, 4) is 11.8 Å². The highest BCUT2D eigenvalue weighted by atomic mass is 15.0. The standard InChI is InChI=1S/C13H10N2/c1-9-2-5-12-7-11-4-3-10(8-14)6-13(11)15(9)12/h2-6H,7H2,1H3. The van der Waals surface area contributed by atoms with Gasteiger partial charge in [-0.15, -0.1) is 0 Å². The van der Waals surface area contributed by atoms with Crippen molar-refractivity contribution >= 4 is 0 Å². The van der Waals surface area contributed by atoms with Crippen LogP contribution in [0.1, 0.15) is 22.5 Å². The van der Waals surface area contributed by atoms with E-state index >= 15 is 0 Å². The van der Waals surface area contributed by atoms with Crippen LogP contribution < -0.4 is 0 Å². The lowest BCUT2D eigenvalue weighted by molar-refractivity contribution is 0.996. The Kier molecular flexibility index (Phi) is 1.52. The predicted octanol–water partition coefficient (Wildman–Crippen LogP) is 2.56. The molecule has 0 amide bonds. The molecule has 0 saturated carbocycles. The number of rotatable bonds is 0. The maximum atomic E-state index is 8.88. The van der Waals surface area contributed by atoms with Gasteiger partial charge in [-0.1, -0.05) is 6.07 Å². The number of nitriles is 1. The van der Waals surface area contributed by atoms with Crippen LogP contribution in [0, 0.1) is 18.3 Å². The smallest absolute Gasteiger partial charge is 0.0992 e. The normalized spacial score (nSPS) is 12.0. The molecule has 1 aromatic heterocycles. The number of aromatic nitrogens is 1. The summed E-state index contributed by atoms with van der Waals surface area (Å²) >= 11 is 0. The largest absolute Gasteiger partial charge is 0.318 e. The van der Waals surface area contributed by atoms with Crippen molar-refractivity contribution in [2.75, 3.05) is 0 Å². The third kappa shape index (κ3) is 1.04. The molecule has 0 N–H and O–H groups in total. The van der Waals surface area contributed by atoms with Gasteiger partial charge in [-0.2, -0.15) is 5.26 Å². The summed E-state index contributed by atoms with van der Waals surface area (Å²) in [5.41, 5.74) is 5.77. The molecule has 1 aromatic carbocycles. The topological polar surface area (TPSA) is 28.7 Å². The SMILES string of the molecule is Cc1ccc2n1-c1cc(C#N)ccc1C2. The maximum Gasteiger partial charge on any atom is 0.0992 e. The lowest BCUT2D eigenvalue weighted by atomic mass is 10.1. The van der Waals surface area contributed by atoms with Crippen LogP contribution >= 0.6 is 0 Å². The molecule has 0 unspecified atom stereocenters. The van der Waals surface area contributed by atoms with E-state index in [0.717, 1.165) is 12.0 Å². The highest BCUT2D eigenvalue weighted by Gasteiger charge is 2.19. The number of aryl methyl sites for hydroxylation is 1. The van der Waals surface area contributed by atoms with E-state index in [-0.39, 0.29) is 0 Å². The molecule has 2 heteroatoms. The first-order valence-electron chi connectivity index (χ1n) is 5.00. The van der Waals surface area contributed by atoms with E-state index in [4.69, 9.17) is 5.26 Å². The van der Waals surface area contributed by atoms with E-state index in [1.54, 1.807) is 0 Å². The summed E-state index contributed by atoms with van der Waals surface area (Å²) in [4.78, 5) is 0. The number of fused-ring (bicyclic) bond motifs is 3. The molecule has 0 bridgehead atoms. The zero-order valence-electron chi connectivity index (χ0n) is 8.49. The molecule has 1 aliphatic heterocycles. The van der Waals surface area contributed by atoms with Gasteiger partial charge in [-0.25, -0.2) is 0 Å². The summed E-state index contributed by atoms with van der Waals surface area (Å²) in [5.74, 6) is 0. The molecule has 0 radical (unpaired) electrons. The molecule has 15 heavy (non-hydrogen) atoms. The molecule has 0 spiro atoms. The molecule has 2 nitrogen and oxygen atoms in total. The Morgan fingerprint density at radius 2 is 2.13 bits per heavy atom. The van der Waals surface area contributed by atoms with Crippen molar-refractivity contribution in [2.45, 2.75) is 13.3 Å². The van der Waals surface area contributed by atoms with Gasteiger partial charge in [0.25, 0.3) is 0 Å². The van der Waals surface area contributed by atoms with Gasteiger partial charge in [0, 0.05) is 17.8 Å². The van der Waals surface area contributed by atoms with Crippen LogP contribution in [-0.4, -0.2) is 4.57 Å². The van der Waals surface area contributed by atoms with Gasteiger partial charge in [-0.05, 0) is 36.8 Å². The van der Waals surface area contributed by atoms with Crippen molar-refractivity contribution in [3.05, 3.63) is 52.8 Å². The van der Waals surface area contributed by atoms with Crippen LogP contribution in [0.5, 0.6) is 0 Å². The molecule has 2 heterocycles. The first-order valence-corrected chi connectivity index (χ1v) is 5.00. The Hall–Kier alpha value is -2.01.